The predicted molar refractivity (Wildman–Crippen MR) is 136 cm³/mol. The highest BCUT2D eigenvalue weighted by molar-refractivity contribution is 7.84. The summed E-state index contributed by atoms with van der Waals surface area (Å²) in [6.07, 6.45) is -4.73. The summed E-state index contributed by atoms with van der Waals surface area (Å²) in [6, 6.07) is 16.1. The van der Waals surface area contributed by atoms with Crippen LogP contribution in [0, 0.1) is 5.92 Å². The summed E-state index contributed by atoms with van der Waals surface area (Å²) in [5.74, 6) is -3.17. The highest BCUT2D eigenvalue weighted by atomic mass is 32.2. The minimum absolute atomic E-state index is 0.00712. The van der Waals surface area contributed by atoms with E-state index in [1.54, 1.807) is 60.7 Å². The summed E-state index contributed by atoms with van der Waals surface area (Å²) in [5, 5.41) is 0. The van der Waals surface area contributed by atoms with E-state index in [0.29, 0.717) is 5.56 Å². The molecule has 3 rings (SSSR count). The maximum atomic E-state index is 12.6. The fraction of sp³-hybridized carbons (Fsp3) is 0.385. The number of likely N-dealkylation sites (N-methyl/N-ethyl adjacent to an activating group) is 1. The molecule has 1 heterocycles. The summed E-state index contributed by atoms with van der Waals surface area (Å²) in [6.45, 7) is 1.98. The first-order valence-electron chi connectivity index (χ1n) is 12.2. The van der Waals surface area contributed by atoms with Crippen molar-refractivity contribution >= 4 is 34.4 Å². The van der Waals surface area contributed by atoms with E-state index < -0.39 is 65.1 Å². The van der Waals surface area contributed by atoms with Gasteiger partial charge in [-0.3, -0.25) is 9.59 Å². The second kappa shape index (κ2) is 13.3. The van der Waals surface area contributed by atoms with Gasteiger partial charge in [0, 0.05) is 7.05 Å². The highest BCUT2D eigenvalue weighted by Gasteiger charge is 2.57. The fourth-order valence-electron chi connectivity index (χ4n) is 4.06. The minimum Gasteiger partial charge on any atom is -0.731 e. The first-order chi connectivity index (χ1) is 18.9. The molecule has 1 fully saturated rings. The number of rotatable bonds is 11. The molecule has 0 bridgehead atoms. The van der Waals surface area contributed by atoms with Crippen molar-refractivity contribution in [1.29, 1.82) is 0 Å². The van der Waals surface area contributed by atoms with Crippen LogP contribution in [0.5, 0.6) is 0 Å². The zero-order valence-corrected chi connectivity index (χ0v) is 22.8. The van der Waals surface area contributed by atoms with E-state index in [1.165, 1.54) is 20.9 Å². The molecule has 2 aromatic carbocycles. The molecule has 0 aliphatic carbocycles. The normalized spacial score (nSPS) is 18.1. The number of amides is 2. The van der Waals surface area contributed by atoms with E-state index in [2.05, 4.69) is 0 Å². The van der Waals surface area contributed by atoms with Gasteiger partial charge in [0.15, 0.2) is 10.3 Å². The van der Waals surface area contributed by atoms with Gasteiger partial charge < -0.3 is 28.4 Å². The van der Waals surface area contributed by atoms with Crippen LogP contribution in [0.1, 0.15) is 25.0 Å². The second-order valence-corrected chi connectivity index (χ2v) is 10.3. The first kappa shape index (κ1) is 30.4. The molecule has 0 unspecified atom stereocenters. The van der Waals surface area contributed by atoms with Crippen LogP contribution in [0.3, 0.4) is 0 Å². The topological polar surface area (TPSA) is 169 Å². The van der Waals surface area contributed by atoms with E-state index in [-0.39, 0.29) is 17.5 Å². The van der Waals surface area contributed by atoms with Crippen LogP contribution in [-0.2, 0) is 52.1 Å². The van der Waals surface area contributed by atoms with E-state index in [0.717, 1.165) is 10.5 Å². The van der Waals surface area contributed by atoms with Crippen molar-refractivity contribution in [3.63, 3.8) is 0 Å². The summed E-state index contributed by atoms with van der Waals surface area (Å²) in [7, 11) is -4.03. The van der Waals surface area contributed by atoms with Crippen molar-refractivity contribution in [1.82, 2.24) is 9.21 Å². The molecule has 0 aromatic heterocycles. The lowest BCUT2D eigenvalue weighted by Gasteiger charge is -2.50. The molecule has 13 nitrogen and oxygen atoms in total. The van der Waals surface area contributed by atoms with Crippen molar-refractivity contribution < 1.29 is 51.1 Å². The minimum atomic E-state index is -5.28. The average molecular weight is 578 g/mol. The van der Waals surface area contributed by atoms with E-state index in [1.807, 2.05) is 0 Å². The first-order valence-corrected chi connectivity index (χ1v) is 13.5. The molecule has 2 aromatic rings. The molecule has 14 heteroatoms. The Morgan fingerprint density at radius 3 is 1.95 bits per heavy atom. The molecule has 0 N–H and O–H groups in total. The van der Waals surface area contributed by atoms with Gasteiger partial charge in [-0.15, -0.1) is 0 Å². The number of esters is 1. The summed E-state index contributed by atoms with van der Waals surface area (Å²) < 4.78 is 55.8. The number of carbonyl (C=O) groups excluding carboxylic acids is 4. The number of hydrogen-bond donors (Lipinski definition) is 0. The Bertz CT molecular complexity index is 1300. The van der Waals surface area contributed by atoms with Gasteiger partial charge in [0.2, 0.25) is 5.91 Å². The van der Waals surface area contributed by atoms with Crippen LogP contribution in [0.2, 0.25) is 0 Å². The molecular formula is C26H29N2O11S-. The highest BCUT2D eigenvalue weighted by Crippen LogP contribution is 2.36. The molecule has 40 heavy (non-hydrogen) atoms. The molecular weight excluding hydrogens is 548 g/mol. The summed E-state index contributed by atoms with van der Waals surface area (Å²) >= 11 is 0. The molecule has 2 amide bonds. The molecule has 4 atom stereocenters. The Kier molecular flexibility index (Phi) is 10.1. The largest absolute Gasteiger partial charge is 0.731 e. The lowest BCUT2D eigenvalue weighted by molar-refractivity contribution is -0.162. The van der Waals surface area contributed by atoms with Crippen LogP contribution in [0.25, 0.3) is 0 Å². The van der Waals surface area contributed by atoms with Gasteiger partial charge in [-0.1, -0.05) is 60.7 Å². The lowest BCUT2D eigenvalue weighted by atomic mass is 9.83. The zero-order chi connectivity index (χ0) is 29.4. The van der Waals surface area contributed by atoms with E-state index in [4.69, 9.17) is 18.9 Å². The second-order valence-electron chi connectivity index (χ2n) is 9.05. The van der Waals surface area contributed by atoms with Crippen LogP contribution in [0.4, 0.5) is 9.59 Å². The van der Waals surface area contributed by atoms with Crippen molar-refractivity contribution in [2.75, 3.05) is 13.6 Å². The van der Waals surface area contributed by atoms with E-state index >= 15 is 0 Å². The fourth-order valence-corrected chi connectivity index (χ4v) is 5.00. The average Bonchev–Trinajstić information content (AvgIpc) is 2.89. The van der Waals surface area contributed by atoms with Crippen LogP contribution < -0.4 is 0 Å². The maximum absolute atomic E-state index is 12.6. The number of benzene rings is 2. The number of carbonyl (C=O) groups is 4. The zero-order valence-electron chi connectivity index (χ0n) is 22.0. The van der Waals surface area contributed by atoms with Crippen molar-refractivity contribution in [3.05, 3.63) is 71.8 Å². The number of hydrogen-bond acceptors (Lipinski definition) is 11. The molecule has 0 radical (unpaired) electrons. The van der Waals surface area contributed by atoms with Gasteiger partial charge in [-0.05, 0) is 25.0 Å². The molecule has 216 valence electrons. The Hall–Kier alpha value is -4.17. The van der Waals surface area contributed by atoms with Crippen molar-refractivity contribution in [2.45, 2.75) is 45.3 Å². The third kappa shape index (κ3) is 7.93. The van der Waals surface area contributed by atoms with Crippen LogP contribution in [0.15, 0.2) is 60.7 Å². The standard InChI is InChI=1S/C26H30N2O11S/c1-17(39-26(32)37-16-20-12-8-5-9-13-20)22-23(28(24(22)30)40(33,34)35)18(2)38-25(31)27(3)14-21(29)36-15-19-10-6-4-7-11-19/h4-13,17-18,22-23H,14-16H2,1-3H3,(H,33,34,35)/p-1/t17-,18+,22-,23-/m1/s1. The smallest absolute Gasteiger partial charge is 0.508 e. The third-order valence-electron chi connectivity index (χ3n) is 6.06. The van der Waals surface area contributed by atoms with Crippen LogP contribution in [-0.4, -0.2) is 78.1 Å². The van der Waals surface area contributed by atoms with Crippen LogP contribution >= 0.6 is 0 Å². The predicted octanol–water partition coefficient (Wildman–Crippen LogP) is 2.22. The summed E-state index contributed by atoms with van der Waals surface area (Å²) in [4.78, 5) is 50.3. The monoisotopic (exact) mass is 577 g/mol. The Labute approximate surface area is 231 Å². The van der Waals surface area contributed by atoms with Gasteiger partial charge in [0.1, 0.15) is 37.9 Å². The van der Waals surface area contributed by atoms with Gasteiger partial charge in [0.05, 0.1) is 6.04 Å². The van der Waals surface area contributed by atoms with Gasteiger partial charge in [-0.2, -0.15) is 0 Å². The van der Waals surface area contributed by atoms with Crippen molar-refractivity contribution in [3.8, 4) is 0 Å². The third-order valence-corrected chi connectivity index (χ3v) is 6.96. The Balaban J connectivity index is 1.58. The number of nitrogens with zero attached hydrogens (tertiary/aromatic N) is 2. The quantitative estimate of drug-likeness (QED) is 0.166. The molecule has 1 aliphatic heterocycles. The van der Waals surface area contributed by atoms with Crippen molar-refractivity contribution in [2.24, 2.45) is 5.92 Å². The molecule has 0 spiro atoms. The maximum Gasteiger partial charge on any atom is 0.508 e. The van der Waals surface area contributed by atoms with E-state index in [9.17, 15) is 32.1 Å². The SMILES string of the molecule is C[C@H](OC(=O)N(C)CC(=O)OCc1ccccc1)[C@@H]1[C@@H]([C@@H](C)OC(=O)OCc2ccccc2)C(=O)N1S(=O)(=O)[O-]. The lowest BCUT2D eigenvalue weighted by Crippen LogP contribution is -2.70. The number of β-lactam (4-membered cyclic amide) rings is 1. The summed E-state index contributed by atoms with van der Waals surface area (Å²) in [5.41, 5.74) is 1.43. The van der Waals surface area contributed by atoms with Gasteiger partial charge in [0.25, 0.3) is 0 Å². The van der Waals surface area contributed by atoms with Gasteiger partial charge >= 0.3 is 18.2 Å². The number of ether oxygens (including phenoxy) is 4. The Morgan fingerprint density at radius 2 is 1.43 bits per heavy atom. The Morgan fingerprint density at radius 1 is 0.900 bits per heavy atom. The molecule has 1 saturated heterocycles. The molecule has 0 saturated carbocycles. The molecule has 1 aliphatic rings. The van der Waals surface area contributed by atoms with Gasteiger partial charge in [-0.25, -0.2) is 22.3 Å².